The minimum Gasteiger partial charge on any atom is -0.322 e. The van der Waals surface area contributed by atoms with Gasteiger partial charge in [-0.15, -0.1) is 0 Å². The maximum absolute atomic E-state index is 6.22. The van der Waals surface area contributed by atoms with Gasteiger partial charge < -0.3 is 5.73 Å². The van der Waals surface area contributed by atoms with Crippen molar-refractivity contribution in [2.45, 2.75) is 38.6 Å². The van der Waals surface area contributed by atoms with E-state index in [2.05, 4.69) is 4.98 Å². The molecule has 0 spiro atoms. The van der Waals surface area contributed by atoms with Gasteiger partial charge in [0.15, 0.2) is 0 Å². The lowest BCUT2D eigenvalue weighted by Crippen LogP contribution is -2.20. The first-order valence-corrected chi connectivity index (χ1v) is 5.94. The minimum atomic E-state index is 0.0601. The predicted octanol–water partition coefficient (Wildman–Crippen LogP) is 3.23. The van der Waals surface area contributed by atoms with Crippen LogP contribution in [0, 0.1) is 12.8 Å². The number of hydrogen-bond acceptors (Lipinski definition) is 2. The molecule has 3 heteroatoms. The molecule has 1 heterocycles. The first-order chi connectivity index (χ1) is 7.16. The van der Waals surface area contributed by atoms with Crippen LogP contribution >= 0.6 is 11.6 Å². The molecule has 1 aliphatic carbocycles. The van der Waals surface area contributed by atoms with Crippen molar-refractivity contribution in [1.29, 1.82) is 0 Å². The first kappa shape index (κ1) is 10.9. The topological polar surface area (TPSA) is 38.9 Å². The lowest BCUT2D eigenvalue weighted by molar-refractivity contribution is 0.436. The van der Waals surface area contributed by atoms with Crippen LogP contribution in [0.15, 0.2) is 12.1 Å². The molecule has 1 unspecified atom stereocenters. The smallest absolute Gasteiger partial charge is 0.0591 e. The second-order valence-electron chi connectivity index (χ2n) is 4.42. The van der Waals surface area contributed by atoms with E-state index >= 15 is 0 Å². The molecule has 1 saturated carbocycles. The molecule has 0 amide bonds. The van der Waals surface area contributed by atoms with E-state index in [1.165, 1.54) is 25.7 Å². The molecule has 1 aromatic heterocycles. The second-order valence-corrected chi connectivity index (χ2v) is 4.86. The van der Waals surface area contributed by atoms with Gasteiger partial charge in [0.1, 0.15) is 0 Å². The summed E-state index contributed by atoms with van der Waals surface area (Å²) < 4.78 is 0. The van der Waals surface area contributed by atoms with Crippen LogP contribution in [0.4, 0.5) is 0 Å². The van der Waals surface area contributed by atoms with Crippen LogP contribution in [0.2, 0.25) is 5.02 Å². The van der Waals surface area contributed by atoms with Crippen LogP contribution in [0.25, 0.3) is 0 Å². The van der Waals surface area contributed by atoms with E-state index < -0.39 is 0 Å². The standard InChI is InChI=1S/C12H17ClN2/c1-8-6-10(13)7-11(15-8)12(14)9-4-2-3-5-9/h6-7,9,12H,2-5,14H2,1H3. The van der Waals surface area contributed by atoms with Crippen molar-refractivity contribution in [1.82, 2.24) is 4.98 Å². The van der Waals surface area contributed by atoms with Gasteiger partial charge in [0, 0.05) is 16.8 Å². The summed E-state index contributed by atoms with van der Waals surface area (Å²) in [5, 5.41) is 0.742. The molecule has 0 radical (unpaired) electrons. The van der Waals surface area contributed by atoms with Gasteiger partial charge in [-0.25, -0.2) is 0 Å². The first-order valence-electron chi connectivity index (χ1n) is 5.56. The zero-order valence-corrected chi connectivity index (χ0v) is 9.80. The molecule has 0 aliphatic heterocycles. The van der Waals surface area contributed by atoms with Crippen molar-refractivity contribution >= 4 is 11.6 Å². The largest absolute Gasteiger partial charge is 0.322 e. The summed E-state index contributed by atoms with van der Waals surface area (Å²) in [6.45, 7) is 1.96. The van der Waals surface area contributed by atoms with E-state index in [1.54, 1.807) is 0 Å². The monoisotopic (exact) mass is 224 g/mol. The van der Waals surface area contributed by atoms with Crippen LogP contribution in [0.5, 0.6) is 0 Å². The Kier molecular flexibility index (Phi) is 3.27. The van der Waals surface area contributed by atoms with E-state index in [-0.39, 0.29) is 6.04 Å². The van der Waals surface area contributed by atoms with Crippen molar-refractivity contribution in [3.8, 4) is 0 Å². The van der Waals surface area contributed by atoms with Crippen LogP contribution in [-0.4, -0.2) is 4.98 Å². The fraction of sp³-hybridized carbons (Fsp3) is 0.583. The number of nitrogens with two attached hydrogens (primary N) is 1. The molecule has 1 atom stereocenters. The Labute approximate surface area is 95.8 Å². The number of rotatable bonds is 2. The zero-order chi connectivity index (χ0) is 10.8. The Bertz CT molecular complexity index is 325. The molecular formula is C12H17ClN2. The fourth-order valence-corrected chi connectivity index (χ4v) is 2.65. The average Bonchev–Trinajstić information content (AvgIpc) is 2.67. The third-order valence-corrected chi connectivity index (χ3v) is 3.41. The lowest BCUT2D eigenvalue weighted by atomic mass is 9.96. The summed E-state index contributed by atoms with van der Waals surface area (Å²) >= 11 is 6.01. The van der Waals surface area contributed by atoms with Crippen LogP contribution in [0.1, 0.15) is 43.1 Å². The van der Waals surface area contributed by atoms with Gasteiger partial charge in [-0.1, -0.05) is 24.4 Å². The van der Waals surface area contributed by atoms with Crippen molar-refractivity contribution in [3.05, 3.63) is 28.5 Å². The third kappa shape index (κ3) is 2.50. The highest BCUT2D eigenvalue weighted by Gasteiger charge is 2.24. The predicted molar refractivity (Wildman–Crippen MR) is 62.9 cm³/mol. The fourth-order valence-electron chi connectivity index (χ4n) is 2.38. The summed E-state index contributed by atoms with van der Waals surface area (Å²) in [5.41, 5.74) is 8.12. The van der Waals surface area contributed by atoms with E-state index in [0.29, 0.717) is 5.92 Å². The Morgan fingerprint density at radius 2 is 2.07 bits per heavy atom. The normalized spacial score (nSPS) is 19.4. The minimum absolute atomic E-state index is 0.0601. The molecule has 1 aliphatic rings. The van der Waals surface area contributed by atoms with Crippen LogP contribution in [0.3, 0.4) is 0 Å². The summed E-state index contributed by atoms with van der Waals surface area (Å²) in [7, 11) is 0. The van der Waals surface area contributed by atoms with Gasteiger partial charge in [-0.3, -0.25) is 4.98 Å². The Morgan fingerprint density at radius 3 is 2.67 bits per heavy atom. The van der Waals surface area contributed by atoms with Gasteiger partial charge in [0.05, 0.1) is 5.69 Å². The number of hydrogen-bond donors (Lipinski definition) is 1. The Hall–Kier alpha value is -0.600. The summed E-state index contributed by atoms with van der Waals surface area (Å²) in [4.78, 5) is 4.47. The third-order valence-electron chi connectivity index (χ3n) is 3.19. The highest BCUT2D eigenvalue weighted by molar-refractivity contribution is 6.30. The van der Waals surface area contributed by atoms with Crippen molar-refractivity contribution in [3.63, 3.8) is 0 Å². The molecule has 82 valence electrons. The molecule has 15 heavy (non-hydrogen) atoms. The SMILES string of the molecule is Cc1cc(Cl)cc(C(N)C2CCCC2)n1. The molecule has 0 saturated heterocycles. The van der Waals surface area contributed by atoms with E-state index in [9.17, 15) is 0 Å². The molecule has 2 rings (SSSR count). The average molecular weight is 225 g/mol. The van der Waals surface area contributed by atoms with E-state index in [0.717, 1.165) is 16.4 Å². The van der Waals surface area contributed by atoms with Crippen molar-refractivity contribution in [2.24, 2.45) is 11.7 Å². The maximum Gasteiger partial charge on any atom is 0.0591 e. The molecule has 1 fully saturated rings. The molecular weight excluding hydrogens is 208 g/mol. The van der Waals surface area contributed by atoms with E-state index in [4.69, 9.17) is 17.3 Å². The van der Waals surface area contributed by atoms with Gasteiger partial charge in [0.2, 0.25) is 0 Å². The summed E-state index contributed by atoms with van der Waals surface area (Å²) in [6, 6.07) is 3.83. The summed E-state index contributed by atoms with van der Waals surface area (Å²) in [6.07, 6.45) is 5.07. The highest BCUT2D eigenvalue weighted by Crippen LogP contribution is 2.34. The molecule has 1 aromatic rings. The maximum atomic E-state index is 6.22. The Balaban J connectivity index is 2.20. The van der Waals surface area contributed by atoms with Gasteiger partial charge in [-0.05, 0) is 37.8 Å². The van der Waals surface area contributed by atoms with Gasteiger partial charge in [-0.2, -0.15) is 0 Å². The highest BCUT2D eigenvalue weighted by atomic mass is 35.5. The summed E-state index contributed by atoms with van der Waals surface area (Å²) in [5.74, 6) is 0.593. The molecule has 0 bridgehead atoms. The quantitative estimate of drug-likeness (QED) is 0.838. The van der Waals surface area contributed by atoms with Crippen molar-refractivity contribution in [2.75, 3.05) is 0 Å². The zero-order valence-electron chi connectivity index (χ0n) is 9.04. The number of aromatic nitrogens is 1. The number of nitrogens with zero attached hydrogens (tertiary/aromatic N) is 1. The number of aryl methyl sites for hydroxylation is 1. The van der Waals surface area contributed by atoms with Gasteiger partial charge >= 0.3 is 0 Å². The number of halogens is 1. The van der Waals surface area contributed by atoms with Crippen molar-refractivity contribution < 1.29 is 0 Å². The van der Waals surface area contributed by atoms with E-state index in [1.807, 2.05) is 19.1 Å². The Morgan fingerprint density at radius 1 is 1.40 bits per heavy atom. The second kappa shape index (κ2) is 4.50. The number of pyridine rings is 1. The molecule has 0 aromatic carbocycles. The van der Waals surface area contributed by atoms with Crippen LogP contribution in [-0.2, 0) is 0 Å². The van der Waals surface area contributed by atoms with Crippen LogP contribution < -0.4 is 5.73 Å². The molecule has 2 N–H and O–H groups in total. The lowest BCUT2D eigenvalue weighted by Gasteiger charge is -2.18. The molecule has 2 nitrogen and oxygen atoms in total. The van der Waals surface area contributed by atoms with Gasteiger partial charge in [0.25, 0.3) is 0 Å².